The number of nitrogens with one attached hydrogen (secondary N) is 2. The molecule has 1 aliphatic carbocycles. The van der Waals surface area contributed by atoms with Gasteiger partial charge in [-0.15, -0.1) is 0 Å². The van der Waals surface area contributed by atoms with Crippen LogP contribution >= 0.6 is 0 Å². The van der Waals surface area contributed by atoms with Crippen LogP contribution in [0.2, 0.25) is 0 Å². The van der Waals surface area contributed by atoms with Crippen molar-refractivity contribution in [2.24, 2.45) is 0 Å². The maximum absolute atomic E-state index is 11.9. The summed E-state index contributed by atoms with van der Waals surface area (Å²) in [7, 11) is 0. The Bertz CT molecular complexity index is 574. The fourth-order valence-corrected chi connectivity index (χ4v) is 2.48. The first-order valence-corrected chi connectivity index (χ1v) is 6.93. The minimum atomic E-state index is 0.000575. The Morgan fingerprint density at radius 3 is 2.95 bits per heavy atom. The molecule has 1 amide bonds. The molecule has 0 bridgehead atoms. The molecule has 1 fully saturated rings. The van der Waals surface area contributed by atoms with Crippen LogP contribution in [0.25, 0.3) is 11.5 Å². The van der Waals surface area contributed by atoms with Gasteiger partial charge in [-0.2, -0.15) is 5.10 Å². The zero-order valence-electron chi connectivity index (χ0n) is 11.2. The molecule has 6 heteroatoms. The number of rotatable bonds is 4. The minimum absolute atomic E-state index is 0.000575. The van der Waals surface area contributed by atoms with Crippen LogP contribution in [0.1, 0.15) is 31.5 Å². The summed E-state index contributed by atoms with van der Waals surface area (Å²) < 4.78 is 0. The van der Waals surface area contributed by atoms with E-state index in [1.54, 1.807) is 6.20 Å². The number of amides is 1. The van der Waals surface area contributed by atoms with Gasteiger partial charge in [0.1, 0.15) is 11.5 Å². The van der Waals surface area contributed by atoms with E-state index in [1.807, 2.05) is 18.2 Å². The third-order valence-corrected chi connectivity index (χ3v) is 3.47. The molecule has 0 aromatic carbocycles. The number of carbonyl (C=O) groups is 1. The van der Waals surface area contributed by atoms with E-state index in [0.717, 1.165) is 12.8 Å². The lowest BCUT2D eigenvalue weighted by Gasteiger charge is -2.10. The van der Waals surface area contributed by atoms with E-state index in [1.165, 1.54) is 12.8 Å². The molecular formula is C14H17N5O. The van der Waals surface area contributed by atoms with Crippen LogP contribution in [0.3, 0.4) is 0 Å². The molecule has 3 rings (SSSR count). The molecule has 2 aromatic heterocycles. The summed E-state index contributed by atoms with van der Waals surface area (Å²) in [5.41, 5.74) is 0.700. The van der Waals surface area contributed by atoms with Crippen molar-refractivity contribution in [3.8, 4) is 11.5 Å². The predicted octanol–water partition coefficient (Wildman–Crippen LogP) is 1.47. The van der Waals surface area contributed by atoms with Crippen molar-refractivity contribution in [3.05, 3.63) is 30.2 Å². The number of carbonyl (C=O) groups excluding carboxylic acids is 1. The van der Waals surface area contributed by atoms with Crippen molar-refractivity contribution in [2.45, 2.75) is 38.1 Å². The number of hydrogen-bond donors (Lipinski definition) is 2. The Balaban J connectivity index is 1.61. The Hall–Kier alpha value is -2.24. The second kappa shape index (κ2) is 5.81. The molecule has 6 nitrogen and oxygen atoms in total. The van der Waals surface area contributed by atoms with E-state index in [0.29, 0.717) is 23.4 Å². The molecule has 0 spiro atoms. The number of aromatic amines is 1. The molecular weight excluding hydrogens is 254 g/mol. The highest BCUT2D eigenvalue weighted by molar-refractivity contribution is 5.78. The average Bonchev–Trinajstić information content (AvgIpc) is 3.11. The molecule has 20 heavy (non-hydrogen) atoms. The van der Waals surface area contributed by atoms with Crippen LogP contribution in [0.4, 0.5) is 0 Å². The van der Waals surface area contributed by atoms with Gasteiger partial charge in [0.2, 0.25) is 5.91 Å². The fraction of sp³-hybridized carbons (Fsp3) is 0.429. The number of H-pyrrole nitrogens is 1. The van der Waals surface area contributed by atoms with Gasteiger partial charge in [0.05, 0.1) is 6.42 Å². The third-order valence-electron chi connectivity index (χ3n) is 3.47. The van der Waals surface area contributed by atoms with Crippen molar-refractivity contribution in [1.82, 2.24) is 25.5 Å². The number of pyridine rings is 1. The lowest BCUT2D eigenvalue weighted by Crippen LogP contribution is -2.33. The summed E-state index contributed by atoms with van der Waals surface area (Å²) in [6, 6.07) is 5.89. The topological polar surface area (TPSA) is 83.6 Å². The van der Waals surface area contributed by atoms with Crippen molar-refractivity contribution < 1.29 is 4.79 Å². The van der Waals surface area contributed by atoms with Crippen LogP contribution in [-0.2, 0) is 11.2 Å². The minimum Gasteiger partial charge on any atom is -0.353 e. The summed E-state index contributed by atoms with van der Waals surface area (Å²) in [6.45, 7) is 0. The number of hydrogen-bond acceptors (Lipinski definition) is 4. The van der Waals surface area contributed by atoms with Gasteiger partial charge in [0.15, 0.2) is 5.82 Å². The summed E-state index contributed by atoms with van der Waals surface area (Å²) in [4.78, 5) is 20.4. The molecule has 0 aliphatic heterocycles. The third kappa shape index (κ3) is 3.01. The summed E-state index contributed by atoms with van der Waals surface area (Å²) in [5, 5.41) is 9.92. The van der Waals surface area contributed by atoms with Gasteiger partial charge in [0, 0.05) is 12.2 Å². The molecule has 2 heterocycles. The fourth-order valence-electron chi connectivity index (χ4n) is 2.48. The van der Waals surface area contributed by atoms with Crippen molar-refractivity contribution in [3.63, 3.8) is 0 Å². The lowest BCUT2D eigenvalue weighted by molar-refractivity contribution is -0.121. The molecule has 0 radical (unpaired) electrons. The number of aromatic nitrogens is 4. The van der Waals surface area contributed by atoms with Crippen molar-refractivity contribution >= 4 is 5.91 Å². The Labute approximate surface area is 117 Å². The summed E-state index contributed by atoms with van der Waals surface area (Å²) in [5.74, 6) is 1.09. The summed E-state index contributed by atoms with van der Waals surface area (Å²) in [6.07, 6.45) is 6.51. The van der Waals surface area contributed by atoms with Crippen LogP contribution in [0.15, 0.2) is 24.4 Å². The maximum atomic E-state index is 11.9. The predicted molar refractivity (Wildman–Crippen MR) is 73.7 cm³/mol. The molecule has 1 saturated carbocycles. The molecule has 0 saturated heterocycles. The van der Waals surface area contributed by atoms with Crippen LogP contribution < -0.4 is 5.32 Å². The number of nitrogens with zero attached hydrogens (tertiary/aromatic N) is 3. The molecule has 104 valence electrons. The van der Waals surface area contributed by atoms with Crippen LogP contribution in [0, 0.1) is 0 Å². The first-order valence-electron chi connectivity index (χ1n) is 6.93. The lowest BCUT2D eigenvalue weighted by atomic mass is 10.2. The second-order valence-corrected chi connectivity index (χ2v) is 5.05. The average molecular weight is 271 g/mol. The molecule has 0 atom stereocenters. The van der Waals surface area contributed by atoms with Gasteiger partial charge in [-0.1, -0.05) is 18.9 Å². The van der Waals surface area contributed by atoms with Gasteiger partial charge >= 0.3 is 0 Å². The molecule has 2 aromatic rings. The quantitative estimate of drug-likeness (QED) is 0.882. The normalized spacial score (nSPS) is 15.4. The SMILES string of the molecule is O=C(Cc1nc(-c2ccccn2)n[nH]1)NC1CCCC1. The Morgan fingerprint density at radius 1 is 1.35 bits per heavy atom. The second-order valence-electron chi connectivity index (χ2n) is 5.05. The molecule has 1 aliphatic rings. The van der Waals surface area contributed by atoms with E-state index < -0.39 is 0 Å². The van der Waals surface area contributed by atoms with Gasteiger partial charge in [0.25, 0.3) is 0 Å². The highest BCUT2D eigenvalue weighted by Crippen LogP contribution is 2.17. The Kier molecular flexibility index (Phi) is 3.71. The van der Waals surface area contributed by atoms with E-state index in [-0.39, 0.29) is 12.3 Å². The first-order chi connectivity index (χ1) is 9.81. The molecule has 2 N–H and O–H groups in total. The monoisotopic (exact) mass is 271 g/mol. The summed E-state index contributed by atoms with van der Waals surface area (Å²) >= 11 is 0. The first kappa shape index (κ1) is 12.8. The highest BCUT2D eigenvalue weighted by Gasteiger charge is 2.18. The zero-order valence-corrected chi connectivity index (χ0v) is 11.2. The van der Waals surface area contributed by atoms with Crippen molar-refractivity contribution in [2.75, 3.05) is 0 Å². The maximum Gasteiger partial charge on any atom is 0.227 e. The smallest absolute Gasteiger partial charge is 0.227 e. The van der Waals surface area contributed by atoms with Crippen LogP contribution in [-0.4, -0.2) is 32.1 Å². The van der Waals surface area contributed by atoms with Gasteiger partial charge in [-0.05, 0) is 25.0 Å². The largest absolute Gasteiger partial charge is 0.353 e. The standard InChI is InChI=1S/C14H17N5O/c20-13(16-10-5-1-2-6-10)9-12-17-14(19-18-12)11-7-3-4-8-15-11/h3-4,7-8,10H,1-2,5-6,9H2,(H,16,20)(H,17,18,19). The van der Waals surface area contributed by atoms with Gasteiger partial charge in [-0.3, -0.25) is 14.9 Å². The van der Waals surface area contributed by atoms with Crippen LogP contribution in [0.5, 0.6) is 0 Å². The van der Waals surface area contributed by atoms with E-state index in [4.69, 9.17) is 0 Å². The van der Waals surface area contributed by atoms with E-state index in [2.05, 4.69) is 25.5 Å². The van der Waals surface area contributed by atoms with Gasteiger partial charge < -0.3 is 5.32 Å². The van der Waals surface area contributed by atoms with E-state index >= 15 is 0 Å². The van der Waals surface area contributed by atoms with Crippen molar-refractivity contribution in [1.29, 1.82) is 0 Å². The van der Waals surface area contributed by atoms with E-state index in [9.17, 15) is 4.79 Å². The molecule has 0 unspecified atom stereocenters. The van der Waals surface area contributed by atoms with Gasteiger partial charge in [-0.25, -0.2) is 4.98 Å². The zero-order chi connectivity index (χ0) is 13.8. The highest BCUT2D eigenvalue weighted by atomic mass is 16.1. The Morgan fingerprint density at radius 2 is 2.20 bits per heavy atom.